The minimum absolute atomic E-state index is 0.138. The number of halogens is 1. The molecule has 0 spiro atoms. The molecule has 0 aliphatic rings. The van der Waals surface area contributed by atoms with Crippen LogP contribution >= 0.6 is 15.9 Å². The van der Waals surface area contributed by atoms with Crippen molar-refractivity contribution in [3.05, 3.63) is 22.2 Å². The van der Waals surface area contributed by atoms with Crippen LogP contribution in [-0.4, -0.2) is 26.5 Å². The lowest BCUT2D eigenvalue weighted by molar-refractivity contribution is 0.597. The topological polar surface area (TPSA) is 72.2 Å². The molecule has 0 saturated heterocycles. The number of hydrogen-bond donors (Lipinski definition) is 2. The van der Waals surface area contributed by atoms with Crippen molar-refractivity contribution >= 4 is 37.1 Å². The van der Waals surface area contributed by atoms with Crippen molar-refractivity contribution in [3.63, 3.8) is 0 Å². The van der Waals surface area contributed by atoms with Gasteiger partial charge in [0.2, 0.25) is 0 Å². The number of sulfone groups is 1. The van der Waals surface area contributed by atoms with Gasteiger partial charge in [0.05, 0.1) is 5.75 Å². The summed E-state index contributed by atoms with van der Waals surface area (Å²) in [7, 11) is -2.92. The Morgan fingerprint density at radius 3 is 2.65 bits per heavy atom. The first-order chi connectivity index (χ1) is 7.85. The first kappa shape index (κ1) is 14.3. The van der Waals surface area contributed by atoms with Crippen LogP contribution in [0.1, 0.15) is 12.5 Å². The van der Waals surface area contributed by atoms with Gasteiger partial charge < -0.3 is 11.1 Å². The molecule has 0 aliphatic heterocycles. The van der Waals surface area contributed by atoms with Crippen LogP contribution in [0.5, 0.6) is 0 Å². The highest BCUT2D eigenvalue weighted by Crippen LogP contribution is 2.27. The Hall–Kier alpha value is -0.750. The third kappa shape index (κ3) is 4.20. The molecule has 17 heavy (non-hydrogen) atoms. The minimum atomic E-state index is -2.92. The average molecular weight is 321 g/mol. The highest BCUT2D eigenvalue weighted by Gasteiger charge is 2.08. The number of anilines is 2. The largest absolute Gasteiger partial charge is 0.398 e. The van der Waals surface area contributed by atoms with Gasteiger partial charge in [-0.3, -0.25) is 0 Å². The molecule has 1 aromatic rings. The van der Waals surface area contributed by atoms with Gasteiger partial charge in [0.1, 0.15) is 0 Å². The Labute approximate surface area is 111 Å². The van der Waals surface area contributed by atoms with Gasteiger partial charge in [-0.1, -0.05) is 6.92 Å². The van der Waals surface area contributed by atoms with E-state index in [4.69, 9.17) is 5.73 Å². The predicted molar refractivity (Wildman–Crippen MR) is 76.1 cm³/mol. The molecule has 0 aliphatic carbocycles. The number of benzene rings is 1. The van der Waals surface area contributed by atoms with E-state index in [1.54, 1.807) is 6.92 Å². The van der Waals surface area contributed by atoms with E-state index >= 15 is 0 Å². The molecule has 0 unspecified atom stereocenters. The second-order valence-corrected chi connectivity index (χ2v) is 7.18. The zero-order valence-corrected chi connectivity index (χ0v) is 12.4. The third-order valence-corrected chi connectivity index (χ3v) is 4.89. The molecule has 1 rings (SSSR count). The quantitative estimate of drug-likeness (QED) is 0.816. The number of nitrogen functional groups attached to an aromatic ring is 1. The van der Waals surface area contributed by atoms with Crippen LogP contribution in [0, 0.1) is 6.92 Å². The number of hydrogen-bond acceptors (Lipinski definition) is 4. The first-order valence-electron chi connectivity index (χ1n) is 5.35. The van der Waals surface area contributed by atoms with E-state index in [0.29, 0.717) is 12.2 Å². The predicted octanol–water partition coefficient (Wildman–Crippen LogP) is 2.19. The zero-order chi connectivity index (χ0) is 13.1. The highest BCUT2D eigenvalue weighted by atomic mass is 79.9. The molecule has 0 aromatic heterocycles. The number of nitrogens with one attached hydrogen (secondary N) is 1. The van der Waals surface area contributed by atoms with E-state index in [1.165, 1.54) is 0 Å². The SMILES string of the molecule is CCS(=O)(=O)CCNc1cc(C)c(N)cc1Br. The van der Waals surface area contributed by atoms with Crippen LogP contribution in [-0.2, 0) is 9.84 Å². The maximum absolute atomic E-state index is 11.3. The summed E-state index contributed by atoms with van der Waals surface area (Å²) in [5, 5.41) is 3.09. The van der Waals surface area contributed by atoms with Crippen LogP contribution < -0.4 is 11.1 Å². The molecule has 4 nitrogen and oxygen atoms in total. The van der Waals surface area contributed by atoms with Crippen LogP contribution in [0.3, 0.4) is 0 Å². The Kier molecular flexibility index (Phi) is 4.82. The van der Waals surface area contributed by atoms with Gasteiger partial charge in [0, 0.05) is 28.1 Å². The molecule has 0 amide bonds. The lowest BCUT2D eigenvalue weighted by Gasteiger charge is -2.11. The van der Waals surface area contributed by atoms with Gasteiger partial charge in [-0.25, -0.2) is 8.42 Å². The standard InChI is InChI=1S/C11H17BrN2O2S/c1-3-17(15,16)5-4-14-11-6-8(2)10(13)7-9(11)12/h6-7,14H,3-5,13H2,1-2H3. The zero-order valence-electron chi connectivity index (χ0n) is 9.96. The Morgan fingerprint density at radius 1 is 1.41 bits per heavy atom. The molecule has 0 fully saturated rings. The third-order valence-electron chi connectivity index (χ3n) is 2.52. The van der Waals surface area contributed by atoms with Crippen LogP contribution in [0.15, 0.2) is 16.6 Å². The molecule has 0 atom stereocenters. The Morgan fingerprint density at radius 2 is 2.06 bits per heavy atom. The molecule has 0 radical (unpaired) electrons. The summed E-state index contributed by atoms with van der Waals surface area (Å²) in [5.74, 6) is 0.315. The van der Waals surface area contributed by atoms with Crippen LogP contribution in [0.25, 0.3) is 0 Å². The smallest absolute Gasteiger partial charge is 0.151 e. The average Bonchev–Trinajstić information content (AvgIpc) is 2.25. The van der Waals surface area contributed by atoms with E-state index in [-0.39, 0.29) is 11.5 Å². The molecule has 3 N–H and O–H groups in total. The van der Waals surface area contributed by atoms with Crippen molar-refractivity contribution in [2.45, 2.75) is 13.8 Å². The van der Waals surface area contributed by atoms with E-state index < -0.39 is 9.84 Å². The molecule has 0 bridgehead atoms. The normalized spacial score (nSPS) is 11.5. The minimum Gasteiger partial charge on any atom is -0.398 e. The second kappa shape index (κ2) is 5.73. The summed E-state index contributed by atoms with van der Waals surface area (Å²) in [6.45, 7) is 3.96. The van der Waals surface area contributed by atoms with Gasteiger partial charge in [0.15, 0.2) is 9.84 Å². The van der Waals surface area contributed by atoms with Crippen molar-refractivity contribution in [3.8, 4) is 0 Å². The number of rotatable bonds is 5. The number of aryl methyl sites for hydroxylation is 1. The second-order valence-electron chi connectivity index (χ2n) is 3.85. The van der Waals surface area contributed by atoms with Crippen molar-refractivity contribution < 1.29 is 8.42 Å². The van der Waals surface area contributed by atoms with Crippen molar-refractivity contribution in [1.29, 1.82) is 0 Å². The molecule has 0 heterocycles. The van der Waals surface area contributed by atoms with E-state index in [9.17, 15) is 8.42 Å². The van der Waals surface area contributed by atoms with Crippen molar-refractivity contribution in [2.75, 3.05) is 29.1 Å². The van der Waals surface area contributed by atoms with Gasteiger partial charge in [0.25, 0.3) is 0 Å². The molecule has 1 aromatic carbocycles. The van der Waals surface area contributed by atoms with Gasteiger partial charge in [-0.05, 0) is 40.5 Å². The summed E-state index contributed by atoms with van der Waals surface area (Å²) in [6.07, 6.45) is 0. The summed E-state index contributed by atoms with van der Waals surface area (Å²) in [4.78, 5) is 0. The van der Waals surface area contributed by atoms with Gasteiger partial charge >= 0.3 is 0 Å². The summed E-state index contributed by atoms with van der Waals surface area (Å²) in [6, 6.07) is 3.71. The van der Waals surface area contributed by atoms with Gasteiger partial charge in [-0.15, -0.1) is 0 Å². The van der Waals surface area contributed by atoms with Crippen LogP contribution in [0.4, 0.5) is 11.4 Å². The van der Waals surface area contributed by atoms with E-state index in [1.807, 2.05) is 19.1 Å². The maximum atomic E-state index is 11.3. The highest BCUT2D eigenvalue weighted by molar-refractivity contribution is 9.10. The molecule has 96 valence electrons. The fraction of sp³-hybridized carbons (Fsp3) is 0.455. The molecular weight excluding hydrogens is 304 g/mol. The lowest BCUT2D eigenvalue weighted by atomic mass is 10.2. The maximum Gasteiger partial charge on any atom is 0.151 e. The van der Waals surface area contributed by atoms with Crippen molar-refractivity contribution in [1.82, 2.24) is 0 Å². The van der Waals surface area contributed by atoms with Crippen molar-refractivity contribution in [2.24, 2.45) is 0 Å². The molecule has 6 heteroatoms. The Balaban J connectivity index is 2.68. The van der Waals surface area contributed by atoms with E-state index in [2.05, 4.69) is 21.2 Å². The number of nitrogens with two attached hydrogens (primary N) is 1. The monoisotopic (exact) mass is 320 g/mol. The van der Waals surface area contributed by atoms with Crippen LogP contribution in [0.2, 0.25) is 0 Å². The molecular formula is C11H17BrN2O2S. The fourth-order valence-electron chi connectivity index (χ4n) is 1.32. The fourth-order valence-corrected chi connectivity index (χ4v) is 2.52. The van der Waals surface area contributed by atoms with Gasteiger partial charge in [-0.2, -0.15) is 0 Å². The van der Waals surface area contributed by atoms with E-state index in [0.717, 1.165) is 15.7 Å². The first-order valence-corrected chi connectivity index (χ1v) is 7.97. The molecule has 0 saturated carbocycles. The summed E-state index contributed by atoms with van der Waals surface area (Å²) >= 11 is 3.39. The lowest BCUT2D eigenvalue weighted by Crippen LogP contribution is -2.17. The summed E-state index contributed by atoms with van der Waals surface area (Å²) < 4.78 is 23.5. The Bertz CT molecular complexity index is 500. The summed E-state index contributed by atoms with van der Waals surface area (Å²) in [5.41, 5.74) is 8.30.